The van der Waals surface area contributed by atoms with Crippen LogP contribution in [0.4, 0.5) is 0 Å². The summed E-state index contributed by atoms with van der Waals surface area (Å²) in [5.74, 6) is 1.54. The standard InChI is InChI=1S/C21H26BrNOS.ClH/c22-19-6-8-21(9-7-19)25-16-20(24)15-23-12-10-18(11-13-23)14-17-4-2-1-3-5-17;/h1-9,18,20,24H,10-16H2;1H. The van der Waals surface area contributed by atoms with Crippen LogP contribution in [0.25, 0.3) is 0 Å². The molecule has 2 aromatic rings. The molecule has 1 heterocycles. The molecule has 2 nitrogen and oxygen atoms in total. The van der Waals surface area contributed by atoms with E-state index in [1.165, 1.54) is 29.7 Å². The Balaban J connectivity index is 0.00000243. The fourth-order valence-corrected chi connectivity index (χ4v) is 4.48. The molecule has 0 aliphatic carbocycles. The molecule has 0 amide bonds. The van der Waals surface area contributed by atoms with Crippen LogP contribution in [0, 0.1) is 5.92 Å². The van der Waals surface area contributed by atoms with Crippen molar-refractivity contribution in [1.82, 2.24) is 4.90 Å². The smallest absolute Gasteiger partial charge is 0.0760 e. The number of halogens is 2. The van der Waals surface area contributed by atoms with Crippen molar-refractivity contribution in [1.29, 1.82) is 0 Å². The molecule has 1 fully saturated rings. The van der Waals surface area contributed by atoms with Crippen molar-refractivity contribution < 1.29 is 5.11 Å². The van der Waals surface area contributed by atoms with Gasteiger partial charge in [0.25, 0.3) is 0 Å². The molecule has 1 atom stereocenters. The van der Waals surface area contributed by atoms with Crippen LogP contribution in [0.5, 0.6) is 0 Å². The summed E-state index contributed by atoms with van der Waals surface area (Å²) in [7, 11) is 0. The van der Waals surface area contributed by atoms with Crippen molar-refractivity contribution in [2.24, 2.45) is 5.92 Å². The van der Waals surface area contributed by atoms with Crippen LogP contribution in [0.15, 0.2) is 64.0 Å². The zero-order chi connectivity index (χ0) is 17.5. The van der Waals surface area contributed by atoms with E-state index < -0.39 is 0 Å². The van der Waals surface area contributed by atoms with Crippen LogP contribution < -0.4 is 0 Å². The Morgan fingerprint density at radius 1 is 1.04 bits per heavy atom. The molecule has 0 spiro atoms. The van der Waals surface area contributed by atoms with E-state index in [-0.39, 0.29) is 18.5 Å². The van der Waals surface area contributed by atoms with Crippen molar-refractivity contribution in [3.63, 3.8) is 0 Å². The number of likely N-dealkylation sites (tertiary alicyclic amines) is 1. The number of hydrogen-bond donors (Lipinski definition) is 1. The number of rotatable bonds is 7. The molecule has 0 bridgehead atoms. The Kier molecular flexibility index (Phi) is 9.51. The summed E-state index contributed by atoms with van der Waals surface area (Å²) in [4.78, 5) is 3.64. The summed E-state index contributed by atoms with van der Waals surface area (Å²) in [6, 6.07) is 19.1. The second-order valence-electron chi connectivity index (χ2n) is 6.85. The molecule has 1 aliphatic heterocycles. The van der Waals surface area contributed by atoms with Crippen LogP contribution >= 0.6 is 40.1 Å². The molecule has 5 heteroatoms. The summed E-state index contributed by atoms with van der Waals surface area (Å²) in [6.45, 7) is 3.01. The summed E-state index contributed by atoms with van der Waals surface area (Å²) >= 11 is 5.18. The van der Waals surface area contributed by atoms with E-state index in [4.69, 9.17) is 0 Å². The summed E-state index contributed by atoms with van der Waals surface area (Å²) in [5.41, 5.74) is 1.45. The van der Waals surface area contributed by atoms with Gasteiger partial charge in [0, 0.05) is 21.7 Å². The number of β-amino-alcohol motifs (C(OH)–C–C–N with tert-alkyl or cyclic N) is 1. The maximum absolute atomic E-state index is 10.3. The molecular weight excluding hydrogens is 430 g/mol. The molecule has 0 saturated carbocycles. The maximum Gasteiger partial charge on any atom is 0.0760 e. The second-order valence-corrected chi connectivity index (χ2v) is 8.86. The minimum Gasteiger partial charge on any atom is -0.391 e. The number of thioether (sulfide) groups is 1. The van der Waals surface area contributed by atoms with Crippen molar-refractivity contribution in [3.05, 3.63) is 64.6 Å². The Morgan fingerprint density at radius 2 is 1.69 bits per heavy atom. The van der Waals surface area contributed by atoms with E-state index >= 15 is 0 Å². The number of hydrogen-bond acceptors (Lipinski definition) is 3. The number of benzene rings is 2. The third kappa shape index (κ3) is 7.24. The third-order valence-corrected chi connectivity index (χ3v) is 6.48. The molecule has 0 radical (unpaired) electrons. The lowest BCUT2D eigenvalue weighted by atomic mass is 9.90. The number of aliphatic hydroxyl groups is 1. The van der Waals surface area contributed by atoms with Gasteiger partial charge in [-0.1, -0.05) is 46.3 Å². The van der Waals surface area contributed by atoms with Crippen molar-refractivity contribution in [3.8, 4) is 0 Å². The molecule has 2 aromatic carbocycles. The summed E-state index contributed by atoms with van der Waals surface area (Å²) in [6.07, 6.45) is 3.40. The zero-order valence-corrected chi connectivity index (χ0v) is 18.1. The minimum atomic E-state index is -0.265. The first-order valence-corrected chi connectivity index (χ1v) is 10.8. The molecular formula is C21H27BrClNOS. The highest BCUT2D eigenvalue weighted by Crippen LogP contribution is 2.24. The highest BCUT2D eigenvalue weighted by molar-refractivity contribution is 9.10. The fraction of sp³-hybridized carbons (Fsp3) is 0.429. The molecule has 1 aliphatic rings. The average Bonchev–Trinajstić information content (AvgIpc) is 2.64. The first-order chi connectivity index (χ1) is 12.2. The lowest BCUT2D eigenvalue weighted by Gasteiger charge is -2.33. The van der Waals surface area contributed by atoms with Crippen molar-refractivity contribution in [2.45, 2.75) is 30.3 Å². The highest BCUT2D eigenvalue weighted by atomic mass is 79.9. The van der Waals surface area contributed by atoms with Crippen LogP contribution in [0.1, 0.15) is 18.4 Å². The first kappa shape index (κ1) is 21.8. The van der Waals surface area contributed by atoms with Gasteiger partial charge in [-0.05, 0) is 68.1 Å². The average molecular weight is 457 g/mol. The van der Waals surface area contributed by atoms with E-state index in [0.29, 0.717) is 0 Å². The van der Waals surface area contributed by atoms with Gasteiger partial charge in [-0.3, -0.25) is 0 Å². The van der Waals surface area contributed by atoms with Crippen LogP contribution in [0.2, 0.25) is 0 Å². The Hall–Kier alpha value is -0.520. The molecule has 3 rings (SSSR count). The van der Waals surface area contributed by atoms with Gasteiger partial charge in [0.2, 0.25) is 0 Å². The highest BCUT2D eigenvalue weighted by Gasteiger charge is 2.21. The van der Waals surface area contributed by atoms with Crippen LogP contribution in [0.3, 0.4) is 0 Å². The van der Waals surface area contributed by atoms with Gasteiger partial charge >= 0.3 is 0 Å². The number of nitrogens with zero attached hydrogens (tertiary/aromatic N) is 1. The van der Waals surface area contributed by atoms with E-state index in [1.54, 1.807) is 11.8 Å². The molecule has 1 N–H and O–H groups in total. The number of piperidine rings is 1. The van der Waals surface area contributed by atoms with Gasteiger partial charge in [0.05, 0.1) is 6.10 Å². The predicted molar refractivity (Wildman–Crippen MR) is 117 cm³/mol. The number of aliphatic hydroxyl groups excluding tert-OH is 1. The fourth-order valence-electron chi connectivity index (χ4n) is 3.39. The lowest BCUT2D eigenvalue weighted by Crippen LogP contribution is -2.40. The van der Waals surface area contributed by atoms with Crippen molar-refractivity contribution >= 4 is 40.1 Å². The van der Waals surface area contributed by atoms with Crippen LogP contribution in [-0.2, 0) is 6.42 Å². The molecule has 26 heavy (non-hydrogen) atoms. The first-order valence-electron chi connectivity index (χ1n) is 9.02. The SMILES string of the molecule is Cl.OC(CSc1ccc(Br)cc1)CN1CCC(Cc2ccccc2)CC1. The lowest BCUT2D eigenvalue weighted by molar-refractivity contribution is 0.103. The molecule has 0 aromatic heterocycles. The van der Waals surface area contributed by atoms with Gasteiger partial charge in [-0.2, -0.15) is 0 Å². The van der Waals surface area contributed by atoms with E-state index in [1.807, 2.05) is 12.1 Å². The predicted octanol–water partition coefficient (Wildman–Crippen LogP) is 5.28. The van der Waals surface area contributed by atoms with E-state index in [0.717, 1.165) is 35.8 Å². The Morgan fingerprint density at radius 3 is 2.35 bits per heavy atom. The summed E-state index contributed by atoms with van der Waals surface area (Å²) < 4.78 is 1.09. The largest absolute Gasteiger partial charge is 0.391 e. The van der Waals surface area contributed by atoms with E-state index in [2.05, 4.69) is 63.3 Å². The third-order valence-electron chi connectivity index (χ3n) is 4.80. The van der Waals surface area contributed by atoms with Crippen LogP contribution in [-0.4, -0.2) is 41.5 Å². The van der Waals surface area contributed by atoms with Gasteiger partial charge < -0.3 is 10.0 Å². The quantitative estimate of drug-likeness (QED) is 0.573. The summed E-state index contributed by atoms with van der Waals surface area (Å²) in [5, 5.41) is 10.3. The second kappa shape index (κ2) is 11.4. The molecule has 142 valence electrons. The molecule has 1 saturated heterocycles. The van der Waals surface area contributed by atoms with Gasteiger partial charge in [-0.25, -0.2) is 0 Å². The topological polar surface area (TPSA) is 23.5 Å². The maximum atomic E-state index is 10.3. The minimum absolute atomic E-state index is 0. The van der Waals surface area contributed by atoms with Gasteiger partial charge in [-0.15, -0.1) is 24.2 Å². The Labute approximate surface area is 175 Å². The van der Waals surface area contributed by atoms with Gasteiger partial charge in [0.1, 0.15) is 0 Å². The zero-order valence-electron chi connectivity index (χ0n) is 14.9. The van der Waals surface area contributed by atoms with E-state index in [9.17, 15) is 5.11 Å². The van der Waals surface area contributed by atoms with Crippen molar-refractivity contribution in [2.75, 3.05) is 25.4 Å². The molecule has 1 unspecified atom stereocenters. The monoisotopic (exact) mass is 455 g/mol. The normalized spacial score (nSPS) is 16.8. The Bertz CT molecular complexity index is 632. The van der Waals surface area contributed by atoms with Gasteiger partial charge in [0.15, 0.2) is 0 Å².